The predicted molar refractivity (Wildman–Crippen MR) is 143 cm³/mol. The van der Waals surface area contributed by atoms with E-state index in [4.69, 9.17) is 10.5 Å². The number of para-hydroxylation sites is 1. The number of nitrogens with zero attached hydrogens (tertiary/aromatic N) is 4. The minimum absolute atomic E-state index is 0.0659. The Bertz CT molecular complexity index is 1220. The summed E-state index contributed by atoms with van der Waals surface area (Å²) in [6.45, 7) is 4.65. The zero-order chi connectivity index (χ0) is 24.5. The molecule has 3 aromatic rings. The van der Waals surface area contributed by atoms with Crippen LogP contribution in [-0.4, -0.2) is 59.7 Å². The quantitative estimate of drug-likeness (QED) is 0.501. The Kier molecular flexibility index (Phi) is 6.05. The Morgan fingerprint density at radius 2 is 1.83 bits per heavy atom. The first-order valence-electron chi connectivity index (χ1n) is 13.0. The fourth-order valence-electron chi connectivity index (χ4n) is 5.90. The second-order valence-electron chi connectivity index (χ2n) is 10.2. The van der Waals surface area contributed by atoms with Gasteiger partial charge in [0, 0.05) is 37.0 Å². The number of phenolic OH excluding ortho intramolecular Hbond substituents is 1. The molecule has 3 fully saturated rings. The molecule has 0 radical (unpaired) electrons. The molecule has 0 atom stereocenters. The number of aromatic nitrogens is 2. The fourth-order valence-corrected chi connectivity index (χ4v) is 5.90. The van der Waals surface area contributed by atoms with Crippen LogP contribution in [0, 0.1) is 0 Å². The number of benzene rings is 2. The lowest BCUT2D eigenvalue weighted by Gasteiger charge is -2.57. The summed E-state index contributed by atoms with van der Waals surface area (Å²) < 4.78 is 6.35. The van der Waals surface area contributed by atoms with Crippen LogP contribution in [0.4, 0.5) is 17.2 Å². The first-order chi connectivity index (χ1) is 17.6. The topological polar surface area (TPSA) is 99.8 Å². The van der Waals surface area contributed by atoms with Gasteiger partial charge in [0.1, 0.15) is 17.6 Å². The Morgan fingerprint density at radius 3 is 2.61 bits per heavy atom. The zero-order valence-electron chi connectivity index (χ0n) is 20.6. The molecular weight excluding hydrogens is 452 g/mol. The highest BCUT2D eigenvalue weighted by Gasteiger charge is 2.47. The molecule has 3 aliphatic rings. The lowest BCUT2D eigenvalue weighted by molar-refractivity contribution is 0.162. The second kappa shape index (κ2) is 9.50. The molecule has 2 aromatic carbocycles. The molecule has 1 saturated carbocycles. The third kappa shape index (κ3) is 4.30. The molecule has 1 aromatic heterocycles. The molecule has 1 spiro atoms. The van der Waals surface area contributed by atoms with Crippen LogP contribution in [0.2, 0.25) is 0 Å². The summed E-state index contributed by atoms with van der Waals surface area (Å²) in [5.74, 6) is 1.58. The van der Waals surface area contributed by atoms with Gasteiger partial charge in [0.25, 0.3) is 0 Å². The average molecular weight is 487 g/mol. The van der Waals surface area contributed by atoms with Gasteiger partial charge in [-0.15, -0.1) is 10.2 Å². The standard InChI is InChI=1S/C28H34N6O2/c29-27-25(18-24(31-32-27)23-7-1-2-8-26(23)35)33-15-16-34(28(19-33)11-4-12-28)20-5-3-6-22(17-20)36-21-9-13-30-14-10-21/h1-3,5-8,17-18,21,30,35H,4,9-16,19H2,(H2,29,32). The molecule has 2 aliphatic heterocycles. The molecule has 0 amide bonds. The van der Waals surface area contributed by atoms with Crippen molar-refractivity contribution in [3.05, 3.63) is 54.6 Å². The highest BCUT2D eigenvalue weighted by Crippen LogP contribution is 2.45. The molecule has 36 heavy (non-hydrogen) atoms. The van der Waals surface area contributed by atoms with E-state index in [-0.39, 0.29) is 17.4 Å². The van der Waals surface area contributed by atoms with E-state index in [1.807, 2.05) is 18.2 Å². The maximum absolute atomic E-state index is 10.3. The van der Waals surface area contributed by atoms with Gasteiger partial charge in [-0.2, -0.15) is 0 Å². The number of aromatic hydroxyl groups is 1. The Balaban J connectivity index is 1.24. The molecule has 8 heteroatoms. The second-order valence-corrected chi connectivity index (χ2v) is 10.2. The summed E-state index contributed by atoms with van der Waals surface area (Å²) in [7, 11) is 0. The van der Waals surface area contributed by atoms with Crippen molar-refractivity contribution in [1.29, 1.82) is 0 Å². The Hall–Kier alpha value is -3.52. The summed E-state index contributed by atoms with van der Waals surface area (Å²) in [5, 5.41) is 22.2. The number of piperazine rings is 1. The van der Waals surface area contributed by atoms with Crippen molar-refractivity contribution in [2.24, 2.45) is 0 Å². The molecule has 0 bridgehead atoms. The van der Waals surface area contributed by atoms with E-state index < -0.39 is 0 Å². The van der Waals surface area contributed by atoms with Crippen molar-refractivity contribution < 1.29 is 9.84 Å². The van der Waals surface area contributed by atoms with Crippen molar-refractivity contribution >= 4 is 17.2 Å². The molecular formula is C28H34N6O2. The predicted octanol–water partition coefficient (Wildman–Crippen LogP) is 3.81. The molecule has 8 nitrogen and oxygen atoms in total. The third-order valence-electron chi connectivity index (χ3n) is 7.98. The highest BCUT2D eigenvalue weighted by molar-refractivity contribution is 5.74. The molecule has 6 rings (SSSR count). The van der Waals surface area contributed by atoms with Gasteiger partial charge in [0.2, 0.25) is 0 Å². The first kappa shape index (κ1) is 22.9. The van der Waals surface area contributed by atoms with Crippen molar-refractivity contribution in [2.75, 3.05) is 48.3 Å². The molecule has 3 heterocycles. The lowest BCUT2D eigenvalue weighted by atomic mass is 9.73. The van der Waals surface area contributed by atoms with Gasteiger partial charge in [-0.05, 0) is 75.5 Å². The van der Waals surface area contributed by atoms with Crippen LogP contribution in [-0.2, 0) is 0 Å². The largest absolute Gasteiger partial charge is 0.507 e. The van der Waals surface area contributed by atoms with Crippen LogP contribution in [0.1, 0.15) is 32.1 Å². The van der Waals surface area contributed by atoms with E-state index in [0.717, 1.165) is 69.8 Å². The van der Waals surface area contributed by atoms with E-state index in [0.29, 0.717) is 17.1 Å². The van der Waals surface area contributed by atoms with Crippen molar-refractivity contribution in [1.82, 2.24) is 15.5 Å². The van der Waals surface area contributed by atoms with Gasteiger partial charge < -0.3 is 30.7 Å². The number of ether oxygens (including phenoxy) is 1. The number of hydrogen-bond donors (Lipinski definition) is 3. The number of nitrogens with one attached hydrogen (secondary N) is 1. The number of piperidine rings is 1. The lowest BCUT2D eigenvalue weighted by Crippen LogP contribution is -2.66. The van der Waals surface area contributed by atoms with Crippen LogP contribution in [0.3, 0.4) is 0 Å². The summed E-state index contributed by atoms with van der Waals surface area (Å²) >= 11 is 0. The smallest absolute Gasteiger partial charge is 0.169 e. The number of hydrogen-bond acceptors (Lipinski definition) is 8. The molecule has 1 aliphatic carbocycles. The van der Waals surface area contributed by atoms with E-state index in [1.54, 1.807) is 12.1 Å². The number of phenols is 1. The molecule has 188 valence electrons. The number of anilines is 3. The summed E-state index contributed by atoms with van der Waals surface area (Å²) in [6, 6.07) is 17.8. The first-order valence-corrected chi connectivity index (χ1v) is 13.0. The van der Waals surface area contributed by atoms with E-state index >= 15 is 0 Å². The molecule has 4 N–H and O–H groups in total. The van der Waals surface area contributed by atoms with E-state index in [2.05, 4.69) is 49.6 Å². The van der Waals surface area contributed by atoms with Gasteiger partial charge in [-0.1, -0.05) is 18.2 Å². The number of rotatable bonds is 5. The van der Waals surface area contributed by atoms with Gasteiger partial charge in [0.15, 0.2) is 5.82 Å². The van der Waals surface area contributed by atoms with Gasteiger partial charge in [-0.3, -0.25) is 0 Å². The summed E-state index contributed by atoms with van der Waals surface area (Å²) in [5.41, 5.74) is 9.80. The maximum Gasteiger partial charge on any atom is 0.169 e. The molecule has 0 unspecified atom stereocenters. The van der Waals surface area contributed by atoms with E-state index in [1.165, 1.54) is 12.1 Å². The Labute approximate surface area is 212 Å². The van der Waals surface area contributed by atoms with Crippen LogP contribution >= 0.6 is 0 Å². The minimum atomic E-state index is 0.0659. The van der Waals surface area contributed by atoms with Crippen LogP contribution in [0.5, 0.6) is 11.5 Å². The van der Waals surface area contributed by atoms with Crippen LogP contribution in [0.25, 0.3) is 11.3 Å². The maximum atomic E-state index is 10.3. The van der Waals surface area contributed by atoms with Crippen LogP contribution in [0.15, 0.2) is 54.6 Å². The summed E-state index contributed by atoms with van der Waals surface area (Å²) in [4.78, 5) is 4.93. The summed E-state index contributed by atoms with van der Waals surface area (Å²) in [6.07, 6.45) is 5.91. The average Bonchev–Trinajstić information content (AvgIpc) is 2.89. The van der Waals surface area contributed by atoms with Crippen molar-refractivity contribution in [3.63, 3.8) is 0 Å². The third-order valence-corrected chi connectivity index (χ3v) is 7.98. The number of nitrogen functional groups attached to an aromatic ring is 1. The highest BCUT2D eigenvalue weighted by atomic mass is 16.5. The van der Waals surface area contributed by atoms with Gasteiger partial charge in [0.05, 0.1) is 16.9 Å². The Morgan fingerprint density at radius 1 is 1.00 bits per heavy atom. The van der Waals surface area contributed by atoms with Gasteiger partial charge in [-0.25, -0.2) is 0 Å². The molecule has 2 saturated heterocycles. The minimum Gasteiger partial charge on any atom is -0.507 e. The fraction of sp³-hybridized carbons (Fsp3) is 0.429. The van der Waals surface area contributed by atoms with Crippen LogP contribution < -0.4 is 25.6 Å². The number of nitrogens with two attached hydrogens (primary N) is 1. The normalized spacial score (nSPS) is 19.8. The van der Waals surface area contributed by atoms with Gasteiger partial charge >= 0.3 is 0 Å². The zero-order valence-corrected chi connectivity index (χ0v) is 20.6. The van der Waals surface area contributed by atoms with Crippen molar-refractivity contribution in [3.8, 4) is 22.8 Å². The van der Waals surface area contributed by atoms with Crippen molar-refractivity contribution in [2.45, 2.75) is 43.7 Å². The SMILES string of the molecule is Nc1nnc(-c2ccccc2O)cc1N1CCN(c2cccc(OC3CCNCC3)c2)C2(CCC2)C1. The monoisotopic (exact) mass is 486 g/mol. The van der Waals surface area contributed by atoms with E-state index in [9.17, 15) is 5.11 Å².